The number of aliphatic imine (C=N–C) groups is 1. The number of isocyanates is 1. The lowest BCUT2D eigenvalue weighted by Crippen LogP contribution is -2.35. The zero-order chi connectivity index (χ0) is 13.1. The van der Waals surface area contributed by atoms with E-state index in [-0.39, 0.29) is 0 Å². The second-order valence-corrected chi connectivity index (χ2v) is 4.48. The van der Waals surface area contributed by atoms with Gasteiger partial charge in [-0.2, -0.15) is 4.99 Å². The van der Waals surface area contributed by atoms with Crippen molar-refractivity contribution in [1.29, 1.82) is 0 Å². The first-order valence-electron chi connectivity index (χ1n) is 6.22. The summed E-state index contributed by atoms with van der Waals surface area (Å²) in [5.74, 6) is 0.920. The molecule has 0 aliphatic carbocycles. The number of nitrogens with one attached hydrogen (secondary N) is 1. The quantitative estimate of drug-likeness (QED) is 0.666. The predicted molar refractivity (Wildman–Crippen MR) is 70.0 cm³/mol. The van der Waals surface area contributed by atoms with E-state index < -0.39 is 0 Å². The van der Waals surface area contributed by atoms with Gasteiger partial charge < -0.3 is 9.72 Å². The molecule has 0 amide bonds. The van der Waals surface area contributed by atoms with Crippen LogP contribution in [-0.2, 0) is 16.1 Å². The lowest BCUT2D eigenvalue weighted by molar-refractivity contribution is 0.0332. The average Bonchev–Trinajstić information content (AvgIpc) is 2.82. The summed E-state index contributed by atoms with van der Waals surface area (Å²) < 4.78 is 5.32. The van der Waals surface area contributed by atoms with Crippen LogP contribution in [0.3, 0.4) is 0 Å². The second kappa shape index (κ2) is 5.32. The number of hydrogen-bond acceptors (Lipinski definition) is 5. The van der Waals surface area contributed by atoms with Crippen molar-refractivity contribution >= 4 is 22.8 Å². The fourth-order valence-corrected chi connectivity index (χ4v) is 2.22. The van der Waals surface area contributed by atoms with Crippen LogP contribution in [0.2, 0.25) is 0 Å². The fraction of sp³-hybridized carbons (Fsp3) is 0.385. The van der Waals surface area contributed by atoms with Crippen LogP contribution in [0.15, 0.2) is 23.2 Å². The maximum Gasteiger partial charge on any atom is 0.240 e. The molecule has 98 valence electrons. The third-order valence-electron chi connectivity index (χ3n) is 3.17. The first-order chi connectivity index (χ1) is 9.35. The van der Waals surface area contributed by atoms with Gasteiger partial charge in [-0.15, -0.1) is 0 Å². The molecule has 6 heteroatoms. The Balaban J connectivity index is 1.82. The molecule has 0 atom stereocenters. The van der Waals surface area contributed by atoms with E-state index in [0.717, 1.165) is 49.7 Å². The van der Waals surface area contributed by atoms with E-state index in [0.29, 0.717) is 5.69 Å². The highest BCUT2D eigenvalue weighted by molar-refractivity contribution is 5.79. The topological polar surface area (TPSA) is 70.6 Å². The molecule has 1 N–H and O–H groups in total. The Bertz CT molecular complexity index is 625. The van der Waals surface area contributed by atoms with Crippen molar-refractivity contribution in [2.24, 2.45) is 4.99 Å². The fourth-order valence-electron chi connectivity index (χ4n) is 2.22. The van der Waals surface area contributed by atoms with Crippen molar-refractivity contribution in [3.05, 3.63) is 24.0 Å². The standard InChI is InChI=1S/C13H14N4O2/c18-9-14-10-1-2-11-12(7-10)16-13(15-11)8-17-3-5-19-6-4-17/h1-2,7H,3-6,8H2,(H,15,16). The van der Waals surface area contributed by atoms with Gasteiger partial charge in [0.1, 0.15) is 5.82 Å². The van der Waals surface area contributed by atoms with Crippen LogP contribution in [0, 0.1) is 0 Å². The largest absolute Gasteiger partial charge is 0.379 e. The number of H-pyrrole nitrogens is 1. The number of ether oxygens (including phenoxy) is 1. The zero-order valence-electron chi connectivity index (χ0n) is 10.4. The first-order valence-corrected chi connectivity index (χ1v) is 6.22. The molecule has 1 fully saturated rings. The monoisotopic (exact) mass is 258 g/mol. The Morgan fingerprint density at radius 2 is 2.26 bits per heavy atom. The molecule has 6 nitrogen and oxygen atoms in total. The number of aromatic amines is 1. The lowest BCUT2D eigenvalue weighted by atomic mass is 10.3. The Morgan fingerprint density at radius 1 is 1.42 bits per heavy atom. The molecule has 19 heavy (non-hydrogen) atoms. The molecule has 0 unspecified atom stereocenters. The molecular formula is C13H14N4O2. The van der Waals surface area contributed by atoms with Gasteiger partial charge in [0.15, 0.2) is 0 Å². The minimum Gasteiger partial charge on any atom is -0.379 e. The summed E-state index contributed by atoms with van der Waals surface area (Å²) in [7, 11) is 0. The van der Waals surface area contributed by atoms with Gasteiger partial charge in [-0.3, -0.25) is 4.90 Å². The predicted octanol–water partition coefficient (Wildman–Crippen LogP) is 1.36. The van der Waals surface area contributed by atoms with E-state index >= 15 is 0 Å². The van der Waals surface area contributed by atoms with Crippen LogP contribution in [0.1, 0.15) is 5.82 Å². The molecule has 0 radical (unpaired) electrons. The molecule has 1 aliphatic rings. The number of aromatic nitrogens is 2. The van der Waals surface area contributed by atoms with Gasteiger partial charge in [0.25, 0.3) is 0 Å². The highest BCUT2D eigenvalue weighted by Gasteiger charge is 2.12. The number of fused-ring (bicyclic) bond motifs is 1. The van der Waals surface area contributed by atoms with Gasteiger partial charge in [-0.25, -0.2) is 9.78 Å². The second-order valence-electron chi connectivity index (χ2n) is 4.48. The highest BCUT2D eigenvalue weighted by Crippen LogP contribution is 2.19. The Labute approximate surface area is 110 Å². The molecule has 2 aromatic rings. The number of morpholine rings is 1. The van der Waals surface area contributed by atoms with Gasteiger partial charge >= 0.3 is 0 Å². The molecular weight excluding hydrogens is 244 g/mol. The van der Waals surface area contributed by atoms with Crippen LogP contribution < -0.4 is 0 Å². The maximum atomic E-state index is 10.2. The molecule has 0 saturated carbocycles. The minimum atomic E-state index is 0.587. The lowest BCUT2D eigenvalue weighted by Gasteiger charge is -2.25. The van der Waals surface area contributed by atoms with Gasteiger partial charge in [-0.1, -0.05) is 0 Å². The molecule has 1 aromatic heterocycles. The van der Waals surface area contributed by atoms with Crippen LogP contribution in [0.25, 0.3) is 11.0 Å². The van der Waals surface area contributed by atoms with E-state index in [1.165, 1.54) is 6.08 Å². The van der Waals surface area contributed by atoms with Crippen LogP contribution in [-0.4, -0.2) is 47.3 Å². The van der Waals surface area contributed by atoms with Crippen molar-refractivity contribution < 1.29 is 9.53 Å². The third-order valence-corrected chi connectivity index (χ3v) is 3.17. The van der Waals surface area contributed by atoms with E-state index in [4.69, 9.17) is 4.74 Å². The maximum absolute atomic E-state index is 10.2. The third kappa shape index (κ3) is 2.71. The summed E-state index contributed by atoms with van der Waals surface area (Å²) in [5.41, 5.74) is 2.36. The number of benzene rings is 1. The Hall–Kier alpha value is -2.01. The van der Waals surface area contributed by atoms with Gasteiger partial charge in [0.2, 0.25) is 6.08 Å². The summed E-state index contributed by atoms with van der Waals surface area (Å²) >= 11 is 0. The van der Waals surface area contributed by atoms with Gasteiger partial charge in [0, 0.05) is 13.1 Å². The Kier molecular flexibility index (Phi) is 3.37. The Morgan fingerprint density at radius 3 is 3.05 bits per heavy atom. The van der Waals surface area contributed by atoms with Crippen LogP contribution >= 0.6 is 0 Å². The smallest absolute Gasteiger partial charge is 0.240 e. The average molecular weight is 258 g/mol. The normalized spacial score (nSPS) is 16.4. The van der Waals surface area contributed by atoms with Crippen molar-refractivity contribution in [3.8, 4) is 0 Å². The zero-order valence-corrected chi connectivity index (χ0v) is 10.4. The van der Waals surface area contributed by atoms with E-state index in [1.807, 2.05) is 6.07 Å². The van der Waals surface area contributed by atoms with Crippen LogP contribution in [0.4, 0.5) is 5.69 Å². The number of hydrogen-bond donors (Lipinski definition) is 1. The highest BCUT2D eigenvalue weighted by atomic mass is 16.5. The molecule has 1 aromatic carbocycles. The number of nitrogens with zero attached hydrogens (tertiary/aromatic N) is 3. The van der Waals surface area contributed by atoms with E-state index in [9.17, 15) is 4.79 Å². The van der Waals surface area contributed by atoms with Crippen molar-refractivity contribution in [1.82, 2.24) is 14.9 Å². The summed E-state index contributed by atoms with van der Waals surface area (Å²) in [5, 5.41) is 0. The van der Waals surface area contributed by atoms with E-state index in [2.05, 4.69) is 19.9 Å². The first kappa shape index (κ1) is 12.0. The molecule has 1 saturated heterocycles. The van der Waals surface area contributed by atoms with Crippen LogP contribution in [0.5, 0.6) is 0 Å². The summed E-state index contributed by atoms with van der Waals surface area (Å²) in [6.45, 7) is 4.19. The molecule has 0 bridgehead atoms. The minimum absolute atomic E-state index is 0.587. The van der Waals surface area contributed by atoms with Crippen molar-refractivity contribution in [3.63, 3.8) is 0 Å². The van der Waals surface area contributed by atoms with Crippen molar-refractivity contribution in [2.75, 3.05) is 26.3 Å². The van der Waals surface area contributed by atoms with Gasteiger partial charge in [-0.05, 0) is 18.2 Å². The molecule has 3 rings (SSSR count). The van der Waals surface area contributed by atoms with Gasteiger partial charge in [0.05, 0.1) is 36.5 Å². The molecule has 2 heterocycles. The molecule has 1 aliphatic heterocycles. The molecule has 0 spiro atoms. The number of rotatable bonds is 3. The SMILES string of the molecule is O=C=Nc1ccc2nc(CN3CCOCC3)[nH]c2c1. The van der Waals surface area contributed by atoms with Crippen molar-refractivity contribution in [2.45, 2.75) is 6.54 Å². The summed E-state index contributed by atoms with van der Waals surface area (Å²) in [6.07, 6.45) is 1.54. The number of carbonyl (C=O) groups excluding carboxylic acids is 1. The number of imidazole rings is 1. The summed E-state index contributed by atoms with van der Waals surface area (Å²) in [4.78, 5) is 23.9. The van der Waals surface area contributed by atoms with E-state index in [1.54, 1.807) is 12.1 Å². The summed E-state index contributed by atoms with van der Waals surface area (Å²) in [6, 6.07) is 5.41.